The summed E-state index contributed by atoms with van der Waals surface area (Å²) in [4.78, 5) is 67.6. The van der Waals surface area contributed by atoms with Crippen LogP contribution in [0.25, 0.3) is 22.3 Å². The van der Waals surface area contributed by atoms with Crippen LogP contribution < -0.4 is 5.56 Å². The number of cyclic esters (lactones) is 1. The zero-order chi connectivity index (χ0) is 30.1. The highest BCUT2D eigenvalue weighted by molar-refractivity contribution is 6.12. The summed E-state index contributed by atoms with van der Waals surface area (Å²) in [5, 5.41) is 10.8. The number of ether oxygens (including phenoxy) is 3. The van der Waals surface area contributed by atoms with Crippen LogP contribution in [0.15, 0.2) is 41.2 Å². The van der Waals surface area contributed by atoms with Gasteiger partial charge in [0.05, 0.1) is 35.6 Å². The Morgan fingerprint density at radius 1 is 1.10 bits per heavy atom. The molecular weight excluding hydrogens is 546 g/mol. The number of amides is 2. The summed E-state index contributed by atoms with van der Waals surface area (Å²) >= 11 is 0. The van der Waals surface area contributed by atoms with Gasteiger partial charge in [0, 0.05) is 35.2 Å². The van der Waals surface area contributed by atoms with Crippen molar-refractivity contribution >= 4 is 34.8 Å². The van der Waals surface area contributed by atoms with Crippen LogP contribution >= 0.6 is 0 Å². The van der Waals surface area contributed by atoms with Crippen molar-refractivity contribution in [1.29, 1.82) is 0 Å². The van der Waals surface area contributed by atoms with Crippen LogP contribution in [0, 0.1) is 0 Å². The number of hydrogen-bond donors (Lipinski definition) is 1. The van der Waals surface area contributed by atoms with Crippen LogP contribution in [-0.4, -0.2) is 56.6 Å². The Labute approximate surface area is 240 Å². The molecule has 1 N–H and O–H groups in total. The van der Waals surface area contributed by atoms with Crippen molar-refractivity contribution in [2.24, 2.45) is 0 Å². The number of imide groups is 1. The van der Waals surface area contributed by atoms with Crippen molar-refractivity contribution in [3.63, 3.8) is 0 Å². The van der Waals surface area contributed by atoms with E-state index in [2.05, 4.69) is 0 Å². The topological polar surface area (TPSA) is 154 Å². The Bertz CT molecular complexity index is 1710. The number of aromatic hydroxyl groups is 1. The zero-order valence-electron chi connectivity index (χ0n) is 23.3. The van der Waals surface area contributed by atoms with Crippen molar-refractivity contribution in [3.05, 3.63) is 69.0 Å². The van der Waals surface area contributed by atoms with E-state index in [9.17, 15) is 29.1 Å². The first kappa shape index (κ1) is 28.5. The van der Waals surface area contributed by atoms with Crippen LogP contribution in [-0.2, 0) is 48.2 Å². The van der Waals surface area contributed by atoms with E-state index in [0.29, 0.717) is 23.3 Å². The summed E-state index contributed by atoms with van der Waals surface area (Å²) in [6, 6.07) is 6.52. The number of benzene rings is 1. The van der Waals surface area contributed by atoms with E-state index in [4.69, 9.17) is 19.2 Å². The predicted molar refractivity (Wildman–Crippen MR) is 148 cm³/mol. The molecule has 1 unspecified atom stereocenters. The Balaban J connectivity index is 0.00000173. The fraction of sp³-hybridized carbons (Fsp3) is 0.333. The molecule has 0 saturated carbocycles. The SMILES string of the molecule is CC.CCc1c2c(nc3ccc(O)cc13)-c1cc3c(c(=O)n1C2)COC(=O)C3OC(=O)OCCCN1C(=O)C=CC1=O. The molecule has 12 heteroatoms. The van der Waals surface area contributed by atoms with Gasteiger partial charge < -0.3 is 23.9 Å². The number of aromatic nitrogens is 2. The number of pyridine rings is 2. The number of rotatable bonds is 6. The molecule has 218 valence electrons. The van der Waals surface area contributed by atoms with Crippen molar-refractivity contribution < 1.29 is 38.5 Å². The van der Waals surface area contributed by atoms with E-state index in [0.717, 1.165) is 33.6 Å². The Hall–Kier alpha value is -5.00. The fourth-order valence-electron chi connectivity index (χ4n) is 5.36. The number of nitrogens with zero attached hydrogens (tertiary/aromatic N) is 3. The van der Waals surface area contributed by atoms with Gasteiger partial charge in [-0.3, -0.25) is 19.3 Å². The third kappa shape index (κ3) is 4.89. The Morgan fingerprint density at radius 3 is 2.55 bits per heavy atom. The van der Waals surface area contributed by atoms with E-state index >= 15 is 0 Å². The Morgan fingerprint density at radius 2 is 1.83 bits per heavy atom. The minimum Gasteiger partial charge on any atom is -0.508 e. The average Bonchev–Trinajstić information content (AvgIpc) is 3.51. The molecule has 1 aromatic carbocycles. The van der Waals surface area contributed by atoms with E-state index in [1.807, 2.05) is 20.8 Å². The molecule has 3 aliphatic rings. The number of carbonyl (C=O) groups excluding carboxylic acids is 4. The average molecular weight is 576 g/mol. The summed E-state index contributed by atoms with van der Waals surface area (Å²) in [6.07, 6.45) is 0.449. The number of fused-ring (bicyclic) bond motifs is 5. The minimum atomic E-state index is -1.52. The molecule has 5 heterocycles. The smallest absolute Gasteiger partial charge is 0.508 e. The third-order valence-electron chi connectivity index (χ3n) is 7.25. The maximum Gasteiger partial charge on any atom is 0.509 e. The van der Waals surface area contributed by atoms with Gasteiger partial charge in [0.25, 0.3) is 17.4 Å². The molecule has 6 rings (SSSR count). The number of phenols is 1. The second kappa shape index (κ2) is 11.5. The lowest BCUT2D eigenvalue weighted by Crippen LogP contribution is -2.34. The van der Waals surface area contributed by atoms with Crippen molar-refractivity contribution in [1.82, 2.24) is 14.5 Å². The van der Waals surface area contributed by atoms with Crippen LogP contribution in [0.2, 0.25) is 0 Å². The minimum absolute atomic E-state index is 0.0512. The van der Waals surface area contributed by atoms with Gasteiger partial charge >= 0.3 is 12.1 Å². The first-order valence-corrected chi connectivity index (χ1v) is 13.7. The largest absolute Gasteiger partial charge is 0.509 e. The van der Waals surface area contributed by atoms with E-state index in [1.165, 1.54) is 0 Å². The molecule has 3 aromatic rings. The van der Waals surface area contributed by atoms with Crippen LogP contribution in [0.1, 0.15) is 55.5 Å². The van der Waals surface area contributed by atoms with Gasteiger partial charge in [-0.2, -0.15) is 0 Å². The van der Waals surface area contributed by atoms with Gasteiger partial charge in [0.1, 0.15) is 12.4 Å². The number of carbonyl (C=O) groups is 4. The van der Waals surface area contributed by atoms with Crippen molar-refractivity contribution in [2.45, 2.75) is 52.9 Å². The fourth-order valence-corrected chi connectivity index (χ4v) is 5.36. The predicted octanol–water partition coefficient (Wildman–Crippen LogP) is 3.29. The number of esters is 1. The molecule has 1 atom stereocenters. The number of phenolic OH excluding ortho intramolecular Hbond substituents is 1. The summed E-state index contributed by atoms with van der Waals surface area (Å²) in [6.45, 7) is 5.86. The summed E-state index contributed by atoms with van der Waals surface area (Å²) in [7, 11) is 0. The maximum atomic E-state index is 13.5. The van der Waals surface area contributed by atoms with Crippen molar-refractivity contribution in [3.8, 4) is 17.1 Å². The molecule has 0 spiro atoms. The standard InChI is InChI=1S/C28H23N3O9.C2H6/c1-2-15-16-10-14(32)4-5-20(16)29-24-18(15)12-31-21(24)11-17-19(26(31)35)13-39-27(36)25(17)40-28(37)38-9-3-8-30-22(33)6-7-23(30)34;1-2/h4-7,10-11,25,32H,2-3,8-9,12-13H2,1H3;1-2H3. The third-order valence-corrected chi connectivity index (χ3v) is 7.25. The molecule has 0 saturated heterocycles. The van der Waals surface area contributed by atoms with E-state index < -0.39 is 30.0 Å². The molecule has 12 nitrogen and oxygen atoms in total. The van der Waals surface area contributed by atoms with Gasteiger partial charge in [0.15, 0.2) is 0 Å². The van der Waals surface area contributed by atoms with Gasteiger partial charge in [-0.25, -0.2) is 14.6 Å². The highest BCUT2D eigenvalue weighted by Gasteiger charge is 2.38. The van der Waals surface area contributed by atoms with Crippen LogP contribution in [0.4, 0.5) is 4.79 Å². The normalized spacial score (nSPS) is 16.4. The molecule has 0 bridgehead atoms. The lowest BCUT2D eigenvalue weighted by atomic mass is 9.97. The molecule has 2 amide bonds. The van der Waals surface area contributed by atoms with Gasteiger partial charge in [0.2, 0.25) is 6.10 Å². The highest BCUT2D eigenvalue weighted by Crippen LogP contribution is 2.39. The van der Waals surface area contributed by atoms with Gasteiger partial charge in [-0.1, -0.05) is 20.8 Å². The lowest BCUT2D eigenvalue weighted by molar-refractivity contribution is -0.159. The molecule has 0 aliphatic carbocycles. The van der Waals surface area contributed by atoms with E-state index in [-0.39, 0.29) is 55.2 Å². The first-order chi connectivity index (χ1) is 20.3. The molecule has 2 aromatic heterocycles. The number of aryl methyl sites for hydroxylation is 1. The maximum absolute atomic E-state index is 13.5. The van der Waals surface area contributed by atoms with Crippen molar-refractivity contribution in [2.75, 3.05) is 13.2 Å². The molecule has 0 fully saturated rings. The monoisotopic (exact) mass is 575 g/mol. The zero-order valence-corrected chi connectivity index (χ0v) is 23.3. The van der Waals surface area contributed by atoms with Crippen LogP contribution in [0.5, 0.6) is 5.75 Å². The lowest BCUT2D eigenvalue weighted by Gasteiger charge is -2.24. The van der Waals surface area contributed by atoms with Crippen LogP contribution in [0.3, 0.4) is 0 Å². The van der Waals surface area contributed by atoms with Gasteiger partial charge in [-0.15, -0.1) is 0 Å². The van der Waals surface area contributed by atoms with E-state index in [1.54, 1.807) is 28.8 Å². The summed E-state index contributed by atoms with van der Waals surface area (Å²) < 4.78 is 17.0. The molecule has 3 aliphatic heterocycles. The Kier molecular flexibility index (Phi) is 7.79. The summed E-state index contributed by atoms with van der Waals surface area (Å²) in [5.41, 5.74) is 3.50. The first-order valence-electron chi connectivity index (χ1n) is 13.7. The second-order valence-electron chi connectivity index (χ2n) is 9.55. The molecule has 0 radical (unpaired) electrons. The van der Waals surface area contributed by atoms with Gasteiger partial charge in [-0.05, 0) is 42.7 Å². The summed E-state index contributed by atoms with van der Waals surface area (Å²) in [5.74, 6) is -1.62. The second-order valence-corrected chi connectivity index (χ2v) is 9.55. The quantitative estimate of drug-likeness (QED) is 0.206. The highest BCUT2D eigenvalue weighted by atomic mass is 16.7. The number of hydrogen-bond acceptors (Lipinski definition) is 10. The molecule has 42 heavy (non-hydrogen) atoms. The molecular formula is C30H29N3O9.